The minimum absolute atomic E-state index is 0.00241. The average molecular weight is 315 g/mol. The van der Waals surface area contributed by atoms with Gasteiger partial charge in [0.1, 0.15) is 11.3 Å². The number of nitrogens with zero attached hydrogens (tertiary/aromatic N) is 2. The minimum Gasteiger partial charge on any atom is -0.506 e. The zero-order valence-corrected chi connectivity index (χ0v) is 12.0. The molecule has 0 unspecified atom stereocenters. The molecule has 0 atom stereocenters. The summed E-state index contributed by atoms with van der Waals surface area (Å²) in [5.74, 6) is -2.08. The Bertz CT molecular complexity index is 840. The first-order chi connectivity index (χ1) is 10.9. The maximum atomic E-state index is 10.5. The summed E-state index contributed by atoms with van der Waals surface area (Å²) in [6.45, 7) is 1.65. The molecule has 0 saturated heterocycles. The van der Waals surface area contributed by atoms with Gasteiger partial charge in [0.25, 0.3) is 0 Å². The van der Waals surface area contributed by atoms with Crippen molar-refractivity contribution in [3.63, 3.8) is 0 Å². The fourth-order valence-corrected chi connectivity index (χ4v) is 1.88. The van der Waals surface area contributed by atoms with Crippen LogP contribution < -0.4 is 0 Å². The maximum Gasteiger partial charge on any atom is 0.335 e. The van der Waals surface area contributed by atoms with Crippen LogP contribution in [0.25, 0.3) is 11.0 Å². The lowest BCUT2D eigenvalue weighted by Gasteiger charge is -1.99. The summed E-state index contributed by atoms with van der Waals surface area (Å²) in [4.78, 5) is 21.1. The molecule has 1 aromatic heterocycles. The van der Waals surface area contributed by atoms with Gasteiger partial charge in [0, 0.05) is 0 Å². The van der Waals surface area contributed by atoms with Gasteiger partial charge in [0.2, 0.25) is 0 Å². The van der Waals surface area contributed by atoms with Crippen LogP contribution in [0.1, 0.15) is 26.3 Å². The number of aryl methyl sites for hydroxylation is 1. The molecule has 0 spiro atoms. The van der Waals surface area contributed by atoms with E-state index in [0.717, 1.165) is 6.07 Å². The molecule has 0 aliphatic carbocycles. The number of para-hydroxylation sites is 1. The topological polar surface area (TPSA) is 136 Å². The maximum absolute atomic E-state index is 10.5. The quantitative estimate of drug-likeness (QED) is 0.568. The summed E-state index contributed by atoms with van der Waals surface area (Å²) in [7, 11) is 0. The molecule has 0 radical (unpaired) electrons. The van der Waals surface area contributed by atoms with Gasteiger partial charge in [-0.25, -0.2) is 9.59 Å². The molecular weight excluding hydrogens is 302 g/mol. The number of aromatic hydroxyl groups is 1. The highest BCUT2D eigenvalue weighted by atomic mass is 16.4. The van der Waals surface area contributed by atoms with Gasteiger partial charge in [-0.15, -0.1) is 0 Å². The minimum atomic E-state index is -1.12. The van der Waals surface area contributed by atoms with E-state index in [1.165, 1.54) is 12.1 Å². The number of hydrogen-bond acceptors (Lipinski definition) is 5. The van der Waals surface area contributed by atoms with Crippen molar-refractivity contribution < 1.29 is 24.9 Å². The van der Waals surface area contributed by atoms with Crippen molar-refractivity contribution in [3.8, 4) is 5.75 Å². The molecule has 8 nitrogen and oxygen atoms in total. The molecule has 118 valence electrons. The fraction of sp³-hybridized carbons (Fsp3) is 0.0667. The van der Waals surface area contributed by atoms with E-state index in [-0.39, 0.29) is 16.9 Å². The standard InChI is InChI=1S/C9H8O4.C6H5N3O/c1-5-2-6(8(10)11)4-7(3-5)9(12)13;10-5-3-1-2-4-6(5)8-9-7-4/h2-4H,1H3,(H,10,11)(H,12,13);1-3,10H,(H,7,8,9). The number of hydrogen-bond donors (Lipinski definition) is 4. The molecule has 0 aliphatic heterocycles. The summed E-state index contributed by atoms with van der Waals surface area (Å²) in [5.41, 5.74) is 1.81. The van der Waals surface area contributed by atoms with Crippen molar-refractivity contribution >= 4 is 23.0 Å². The zero-order chi connectivity index (χ0) is 17.0. The van der Waals surface area contributed by atoms with Crippen LogP contribution >= 0.6 is 0 Å². The Kier molecular flexibility index (Phi) is 4.55. The monoisotopic (exact) mass is 315 g/mol. The number of carbonyl (C=O) groups is 2. The molecule has 0 amide bonds. The van der Waals surface area contributed by atoms with Gasteiger partial charge in [0.05, 0.1) is 11.1 Å². The van der Waals surface area contributed by atoms with Crippen LogP contribution in [0.2, 0.25) is 0 Å². The highest BCUT2D eigenvalue weighted by Gasteiger charge is 2.09. The van der Waals surface area contributed by atoms with Crippen molar-refractivity contribution in [2.45, 2.75) is 6.92 Å². The van der Waals surface area contributed by atoms with Gasteiger partial charge >= 0.3 is 11.9 Å². The number of aromatic nitrogens is 3. The lowest BCUT2D eigenvalue weighted by atomic mass is 10.1. The molecule has 3 aromatic rings. The molecule has 0 saturated carbocycles. The molecule has 3 rings (SSSR count). The number of carboxylic acids is 2. The summed E-state index contributed by atoms with van der Waals surface area (Å²) >= 11 is 0. The summed E-state index contributed by atoms with van der Waals surface area (Å²) in [5, 5.41) is 36.3. The number of carboxylic acid groups (broad SMARTS) is 2. The number of aromatic amines is 1. The van der Waals surface area contributed by atoms with Crippen LogP contribution in [0, 0.1) is 6.92 Å². The molecule has 0 bridgehead atoms. The Morgan fingerprint density at radius 3 is 2.13 bits per heavy atom. The van der Waals surface area contributed by atoms with Gasteiger partial charge in [-0.05, 0) is 42.8 Å². The van der Waals surface area contributed by atoms with Gasteiger partial charge in [-0.1, -0.05) is 6.07 Å². The second-order valence-corrected chi connectivity index (χ2v) is 4.67. The van der Waals surface area contributed by atoms with Crippen LogP contribution in [-0.4, -0.2) is 42.7 Å². The summed E-state index contributed by atoms with van der Waals surface area (Å²) < 4.78 is 0. The van der Waals surface area contributed by atoms with Crippen molar-refractivity contribution in [1.29, 1.82) is 0 Å². The zero-order valence-electron chi connectivity index (χ0n) is 12.0. The Morgan fingerprint density at radius 1 is 1.00 bits per heavy atom. The first-order valence-corrected chi connectivity index (χ1v) is 6.45. The lowest BCUT2D eigenvalue weighted by molar-refractivity contribution is 0.0696. The van der Waals surface area contributed by atoms with Gasteiger partial charge in [-0.2, -0.15) is 15.4 Å². The van der Waals surface area contributed by atoms with Crippen molar-refractivity contribution in [2.24, 2.45) is 0 Å². The number of benzene rings is 2. The van der Waals surface area contributed by atoms with Crippen molar-refractivity contribution in [1.82, 2.24) is 15.4 Å². The molecule has 0 aliphatic rings. The first kappa shape index (κ1) is 16.0. The number of aromatic carboxylic acids is 2. The third kappa shape index (κ3) is 3.82. The van der Waals surface area contributed by atoms with Crippen molar-refractivity contribution in [3.05, 3.63) is 53.1 Å². The highest BCUT2D eigenvalue weighted by Crippen LogP contribution is 2.18. The normalized spacial score (nSPS) is 9.96. The summed E-state index contributed by atoms with van der Waals surface area (Å²) in [6, 6.07) is 9.06. The number of fused-ring (bicyclic) bond motifs is 1. The lowest BCUT2D eigenvalue weighted by Crippen LogP contribution is -2.02. The fourth-order valence-electron chi connectivity index (χ4n) is 1.88. The van der Waals surface area contributed by atoms with Crippen LogP contribution in [0.15, 0.2) is 36.4 Å². The number of phenols is 1. The van der Waals surface area contributed by atoms with Crippen molar-refractivity contribution in [2.75, 3.05) is 0 Å². The number of phenolic OH excluding ortho intramolecular Hbond substituents is 1. The van der Waals surface area contributed by atoms with Gasteiger partial charge in [-0.3, -0.25) is 0 Å². The smallest absolute Gasteiger partial charge is 0.335 e. The average Bonchev–Trinajstić information content (AvgIpc) is 2.97. The molecule has 1 heterocycles. The van der Waals surface area contributed by atoms with Crippen LogP contribution in [0.3, 0.4) is 0 Å². The molecule has 4 N–H and O–H groups in total. The Hall–Kier alpha value is -3.42. The van der Waals surface area contributed by atoms with Gasteiger partial charge < -0.3 is 15.3 Å². The van der Waals surface area contributed by atoms with E-state index in [2.05, 4.69) is 15.4 Å². The summed E-state index contributed by atoms with van der Waals surface area (Å²) in [6.07, 6.45) is 0. The second-order valence-electron chi connectivity index (χ2n) is 4.67. The predicted molar refractivity (Wildman–Crippen MR) is 80.7 cm³/mol. The largest absolute Gasteiger partial charge is 0.506 e. The molecule has 2 aromatic carbocycles. The number of rotatable bonds is 2. The molecule has 8 heteroatoms. The Morgan fingerprint density at radius 2 is 1.61 bits per heavy atom. The third-order valence-corrected chi connectivity index (χ3v) is 2.90. The van der Waals surface area contributed by atoms with E-state index in [0.29, 0.717) is 16.6 Å². The number of H-pyrrole nitrogens is 1. The molecule has 0 fully saturated rings. The van der Waals surface area contributed by atoms with E-state index in [4.69, 9.17) is 15.3 Å². The highest BCUT2D eigenvalue weighted by molar-refractivity contribution is 5.94. The van der Waals surface area contributed by atoms with E-state index >= 15 is 0 Å². The van der Waals surface area contributed by atoms with Crippen LogP contribution in [0.5, 0.6) is 5.75 Å². The van der Waals surface area contributed by atoms with Crippen LogP contribution in [0.4, 0.5) is 0 Å². The second kappa shape index (κ2) is 6.56. The SMILES string of the molecule is Cc1cc(C(=O)O)cc(C(=O)O)c1.Oc1cccc2n[nH]nc12. The Balaban J connectivity index is 0.000000172. The van der Waals surface area contributed by atoms with E-state index < -0.39 is 11.9 Å². The third-order valence-electron chi connectivity index (χ3n) is 2.90. The van der Waals surface area contributed by atoms with Crippen LogP contribution in [-0.2, 0) is 0 Å². The predicted octanol–water partition coefficient (Wildman–Crippen LogP) is 2.05. The Labute approximate surface area is 130 Å². The van der Waals surface area contributed by atoms with E-state index in [1.807, 2.05) is 0 Å². The number of nitrogens with one attached hydrogen (secondary N) is 1. The van der Waals surface area contributed by atoms with Gasteiger partial charge in [0.15, 0.2) is 5.52 Å². The first-order valence-electron chi connectivity index (χ1n) is 6.45. The van der Waals surface area contributed by atoms with E-state index in [9.17, 15) is 9.59 Å². The van der Waals surface area contributed by atoms with E-state index in [1.54, 1.807) is 25.1 Å². The molecule has 23 heavy (non-hydrogen) atoms. The molecular formula is C15H13N3O5.